The molecule has 1 saturated heterocycles. The monoisotopic (exact) mass is 372 g/mol. The second-order valence-electron chi connectivity index (χ2n) is 7.60. The lowest BCUT2D eigenvalue weighted by atomic mass is 10.0. The van der Waals surface area contributed by atoms with E-state index in [4.69, 9.17) is 0 Å². The summed E-state index contributed by atoms with van der Waals surface area (Å²) in [7, 11) is 0. The van der Waals surface area contributed by atoms with Crippen LogP contribution in [0.25, 0.3) is 11.0 Å². The SMILES string of the molecule is CC(SCC(=O)N1CCC(NCC2CC2)CC1)c1nc2ccccc2[nH]1. The second kappa shape index (κ2) is 8.01. The van der Waals surface area contributed by atoms with Crippen LogP contribution in [0, 0.1) is 5.92 Å². The van der Waals surface area contributed by atoms with Gasteiger partial charge >= 0.3 is 0 Å². The molecular formula is C20H28N4OS. The zero-order valence-corrected chi connectivity index (χ0v) is 16.2. The number of hydrogen-bond acceptors (Lipinski definition) is 4. The Labute approximate surface area is 159 Å². The molecule has 26 heavy (non-hydrogen) atoms. The zero-order valence-electron chi connectivity index (χ0n) is 15.4. The molecule has 1 amide bonds. The van der Waals surface area contributed by atoms with Crippen LogP contribution in [0.1, 0.15) is 43.7 Å². The number of rotatable bonds is 7. The average Bonchev–Trinajstić information content (AvgIpc) is 3.40. The summed E-state index contributed by atoms with van der Waals surface area (Å²) in [4.78, 5) is 22.6. The number of para-hydroxylation sites is 2. The highest BCUT2D eigenvalue weighted by Crippen LogP contribution is 2.29. The first-order valence-electron chi connectivity index (χ1n) is 9.76. The van der Waals surface area contributed by atoms with Crippen LogP contribution in [0.3, 0.4) is 0 Å². The molecule has 1 aromatic heterocycles. The highest BCUT2D eigenvalue weighted by molar-refractivity contribution is 8.00. The number of carbonyl (C=O) groups is 1. The standard InChI is InChI=1S/C20H28N4OS/c1-14(20-22-17-4-2-3-5-18(17)23-20)26-13-19(25)24-10-8-16(9-11-24)21-12-15-6-7-15/h2-5,14-16,21H,6-13H2,1H3,(H,22,23). The first kappa shape index (κ1) is 17.9. The number of nitrogens with zero attached hydrogens (tertiary/aromatic N) is 2. The molecule has 4 rings (SSSR count). The van der Waals surface area contributed by atoms with Gasteiger partial charge in [-0.05, 0) is 57.2 Å². The van der Waals surface area contributed by atoms with Crippen LogP contribution in [0.5, 0.6) is 0 Å². The van der Waals surface area contributed by atoms with Gasteiger partial charge in [-0.2, -0.15) is 0 Å². The molecule has 1 unspecified atom stereocenters. The van der Waals surface area contributed by atoms with E-state index in [1.165, 1.54) is 19.4 Å². The maximum Gasteiger partial charge on any atom is 0.232 e. The Morgan fingerprint density at radius 3 is 2.81 bits per heavy atom. The number of hydrogen-bond donors (Lipinski definition) is 2. The van der Waals surface area contributed by atoms with E-state index in [1.54, 1.807) is 11.8 Å². The summed E-state index contributed by atoms with van der Waals surface area (Å²) in [5.74, 6) is 2.66. The van der Waals surface area contributed by atoms with E-state index in [2.05, 4.69) is 22.2 Å². The molecule has 0 bridgehead atoms. The van der Waals surface area contributed by atoms with E-state index in [1.807, 2.05) is 29.2 Å². The molecule has 2 aliphatic rings. The van der Waals surface area contributed by atoms with Crippen molar-refractivity contribution < 1.29 is 4.79 Å². The van der Waals surface area contributed by atoms with Crippen molar-refractivity contribution in [3.63, 3.8) is 0 Å². The van der Waals surface area contributed by atoms with Gasteiger partial charge in [-0.1, -0.05) is 12.1 Å². The quantitative estimate of drug-likeness (QED) is 0.782. The Balaban J connectivity index is 1.22. The smallest absolute Gasteiger partial charge is 0.232 e. The topological polar surface area (TPSA) is 61.0 Å². The minimum absolute atomic E-state index is 0.184. The number of amides is 1. The van der Waals surface area contributed by atoms with Crippen molar-refractivity contribution in [2.45, 2.75) is 43.9 Å². The summed E-state index contributed by atoms with van der Waals surface area (Å²) in [6.45, 7) is 5.06. The third kappa shape index (κ3) is 4.41. The summed E-state index contributed by atoms with van der Waals surface area (Å²) in [6, 6.07) is 8.66. The van der Waals surface area contributed by atoms with Gasteiger partial charge in [-0.3, -0.25) is 4.79 Å². The van der Waals surface area contributed by atoms with Crippen LogP contribution in [0.2, 0.25) is 0 Å². The van der Waals surface area contributed by atoms with Crippen molar-refractivity contribution in [2.75, 3.05) is 25.4 Å². The number of fused-ring (bicyclic) bond motifs is 1. The Hall–Kier alpha value is -1.53. The lowest BCUT2D eigenvalue weighted by Crippen LogP contribution is -2.45. The van der Waals surface area contributed by atoms with E-state index < -0.39 is 0 Å². The number of H-pyrrole nitrogens is 1. The normalized spacial score (nSPS) is 19.8. The maximum atomic E-state index is 12.5. The molecule has 1 aliphatic heterocycles. The number of carbonyl (C=O) groups excluding carboxylic acids is 1. The summed E-state index contributed by atoms with van der Waals surface area (Å²) in [6.07, 6.45) is 4.96. The fourth-order valence-corrected chi connectivity index (χ4v) is 4.36. The Morgan fingerprint density at radius 1 is 1.31 bits per heavy atom. The van der Waals surface area contributed by atoms with Gasteiger partial charge in [0.1, 0.15) is 5.82 Å². The average molecular weight is 373 g/mol. The van der Waals surface area contributed by atoms with Gasteiger partial charge in [0.05, 0.1) is 22.0 Å². The molecule has 1 aromatic carbocycles. The first-order valence-corrected chi connectivity index (χ1v) is 10.8. The minimum atomic E-state index is 0.184. The van der Waals surface area contributed by atoms with E-state index in [0.717, 1.165) is 48.7 Å². The van der Waals surface area contributed by atoms with Crippen molar-refractivity contribution in [1.82, 2.24) is 20.2 Å². The first-order chi connectivity index (χ1) is 12.7. The molecule has 2 aromatic rings. The van der Waals surface area contributed by atoms with Gasteiger partial charge in [0.25, 0.3) is 0 Å². The van der Waals surface area contributed by atoms with Gasteiger partial charge < -0.3 is 15.2 Å². The third-order valence-corrected chi connectivity index (χ3v) is 6.63. The van der Waals surface area contributed by atoms with E-state index in [0.29, 0.717) is 11.8 Å². The van der Waals surface area contributed by atoms with Gasteiger partial charge in [-0.25, -0.2) is 4.98 Å². The minimum Gasteiger partial charge on any atom is -0.342 e. The summed E-state index contributed by atoms with van der Waals surface area (Å²) < 4.78 is 0. The predicted molar refractivity (Wildman–Crippen MR) is 107 cm³/mol. The molecule has 1 atom stereocenters. The predicted octanol–water partition coefficient (Wildman–Crippen LogP) is 3.35. The molecule has 140 valence electrons. The number of aromatic amines is 1. The van der Waals surface area contributed by atoms with Crippen molar-refractivity contribution in [2.24, 2.45) is 5.92 Å². The molecule has 0 spiro atoms. The van der Waals surface area contributed by atoms with Gasteiger partial charge in [0, 0.05) is 19.1 Å². The van der Waals surface area contributed by atoms with E-state index in [9.17, 15) is 4.79 Å². The second-order valence-corrected chi connectivity index (χ2v) is 8.93. The summed E-state index contributed by atoms with van der Waals surface area (Å²) >= 11 is 1.67. The van der Waals surface area contributed by atoms with Crippen molar-refractivity contribution in [3.05, 3.63) is 30.1 Å². The van der Waals surface area contributed by atoms with Crippen molar-refractivity contribution >= 4 is 28.7 Å². The molecule has 1 saturated carbocycles. The number of aromatic nitrogens is 2. The van der Waals surface area contributed by atoms with Crippen LogP contribution in [0.15, 0.2) is 24.3 Å². The molecule has 1 aliphatic carbocycles. The number of likely N-dealkylation sites (tertiary alicyclic amines) is 1. The molecule has 2 fully saturated rings. The van der Waals surface area contributed by atoms with E-state index in [-0.39, 0.29) is 11.2 Å². The fraction of sp³-hybridized carbons (Fsp3) is 0.600. The molecule has 0 radical (unpaired) electrons. The summed E-state index contributed by atoms with van der Waals surface area (Å²) in [5.41, 5.74) is 2.05. The lowest BCUT2D eigenvalue weighted by Gasteiger charge is -2.32. The van der Waals surface area contributed by atoms with Crippen LogP contribution in [0.4, 0.5) is 0 Å². The Morgan fingerprint density at radius 2 is 2.08 bits per heavy atom. The van der Waals surface area contributed by atoms with Crippen LogP contribution in [-0.4, -0.2) is 52.2 Å². The molecule has 6 heteroatoms. The molecule has 5 nitrogen and oxygen atoms in total. The van der Waals surface area contributed by atoms with Crippen molar-refractivity contribution in [3.8, 4) is 0 Å². The zero-order chi connectivity index (χ0) is 17.9. The van der Waals surface area contributed by atoms with Gasteiger partial charge in [0.2, 0.25) is 5.91 Å². The lowest BCUT2D eigenvalue weighted by molar-refractivity contribution is -0.129. The largest absolute Gasteiger partial charge is 0.342 e. The number of piperidine rings is 1. The Kier molecular flexibility index (Phi) is 5.50. The fourth-order valence-electron chi connectivity index (χ4n) is 3.52. The van der Waals surface area contributed by atoms with Crippen molar-refractivity contribution in [1.29, 1.82) is 0 Å². The number of imidazole rings is 1. The molecule has 2 heterocycles. The highest BCUT2D eigenvalue weighted by atomic mass is 32.2. The van der Waals surface area contributed by atoms with Crippen LogP contribution in [-0.2, 0) is 4.79 Å². The van der Waals surface area contributed by atoms with Crippen LogP contribution < -0.4 is 5.32 Å². The number of nitrogens with one attached hydrogen (secondary N) is 2. The molecular weight excluding hydrogens is 344 g/mol. The van der Waals surface area contributed by atoms with E-state index >= 15 is 0 Å². The molecule has 2 N–H and O–H groups in total. The van der Waals surface area contributed by atoms with Crippen LogP contribution >= 0.6 is 11.8 Å². The van der Waals surface area contributed by atoms with Gasteiger partial charge in [-0.15, -0.1) is 11.8 Å². The third-order valence-electron chi connectivity index (χ3n) is 5.49. The highest BCUT2D eigenvalue weighted by Gasteiger charge is 2.26. The maximum absolute atomic E-state index is 12.5. The van der Waals surface area contributed by atoms with Gasteiger partial charge in [0.15, 0.2) is 0 Å². The number of benzene rings is 1. The number of thioether (sulfide) groups is 1. The summed E-state index contributed by atoms with van der Waals surface area (Å²) in [5, 5.41) is 3.86. The Bertz CT molecular complexity index is 716.